The Morgan fingerprint density at radius 2 is 2.15 bits per heavy atom. The van der Waals surface area contributed by atoms with Crippen LogP contribution in [0.1, 0.15) is 16.7 Å². The van der Waals surface area contributed by atoms with Crippen molar-refractivity contribution in [2.45, 2.75) is 6.92 Å². The minimum absolute atomic E-state index is 0.290. The zero-order valence-electron chi connectivity index (χ0n) is 7.26. The molecule has 13 heavy (non-hydrogen) atoms. The molecule has 0 spiro atoms. The Kier molecular flexibility index (Phi) is 3.38. The molecule has 0 saturated carbocycles. The van der Waals surface area contributed by atoms with Crippen molar-refractivity contribution in [3.63, 3.8) is 0 Å². The molecule has 0 saturated heterocycles. The number of rotatable bonds is 0. The van der Waals surface area contributed by atoms with Gasteiger partial charge in [0.05, 0.1) is 11.4 Å². The molecule has 0 aliphatic heterocycles. The molecule has 0 heterocycles. The molecule has 64 valence electrons. The number of alkyl halides is 1. The van der Waals surface area contributed by atoms with Gasteiger partial charge in [0, 0.05) is 5.56 Å². The molecule has 1 rings (SSSR count). The van der Waals surface area contributed by atoms with Crippen molar-refractivity contribution in [3.8, 4) is 17.9 Å². The molecule has 0 unspecified atom stereocenters. The van der Waals surface area contributed by atoms with Crippen LogP contribution >= 0.6 is 11.6 Å². The van der Waals surface area contributed by atoms with Crippen LogP contribution in [0.2, 0.25) is 0 Å². The van der Waals surface area contributed by atoms with Crippen LogP contribution in [0.25, 0.3) is 0 Å². The summed E-state index contributed by atoms with van der Waals surface area (Å²) in [4.78, 5) is 0. The molecule has 0 atom stereocenters. The Morgan fingerprint density at radius 1 is 1.38 bits per heavy atom. The van der Waals surface area contributed by atoms with Crippen LogP contribution in [-0.2, 0) is 0 Å². The van der Waals surface area contributed by atoms with Crippen LogP contribution in [0.3, 0.4) is 0 Å². The van der Waals surface area contributed by atoms with Gasteiger partial charge in [0.15, 0.2) is 0 Å². The molecule has 1 aromatic rings. The molecule has 0 N–H and O–H groups in total. The first kappa shape index (κ1) is 9.65. The van der Waals surface area contributed by atoms with E-state index in [0.717, 1.165) is 11.1 Å². The maximum atomic E-state index is 8.76. The van der Waals surface area contributed by atoms with Gasteiger partial charge in [0.1, 0.15) is 6.07 Å². The SMILES string of the molecule is Cc1ccc(C#N)c(C#CCCl)c1. The molecule has 1 aromatic carbocycles. The zero-order chi connectivity index (χ0) is 9.68. The summed E-state index contributed by atoms with van der Waals surface area (Å²) < 4.78 is 0. The summed E-state index contributed by atoms with van der Waals surface area (Å²) in [5.74, 6) is 5.87. The normalized spacial score (nSPS) is 8.38. The second-order valence-corrected chi connectivity index (χ2v) is 2.86. The third-order valence-corrected chi connectivity index (χ3v) is 1.72. The van der Waals surface area contributed by atoms with Crippen molar-refractivity contribution in [1.29, 1.82) is 5.26 Å². The van der Waals surface area contributed by atoms with Crippen molar-refractivity contribution >= 4 is 11.6 Å². The van der Waals surface area contributed by atoms with Crippen molar-refractivity contribution in [2.75, 3.05) is 5.88 Å². The van der Waals surface area contributed by atoms with E-state index >= 15 is 0 Å². The molecule has 0 aliphatic rings. The van der Waals surface area contributed by atoms with Crippen LogP contribution in [0, 0.1) is 30.1 Å². The Hall–Kier alpha value is -1.44. The summed E-state index contributed by atoms with van der Waals surface area (Å²) in [5.41, 5.74) is 2.45. The molecule has 0 bridgehead atoms. The monoisotopic (exact) mass is 189 g/mol. The quantitative estimate of drug-likeness (QED) is 0.454. The smallest absolute Gasteiger partial charge is 0.100 e. The number of nitrogens with zero attached hydrogens (tertiary/aromatic N) is 1. The number of benzene rings is 1. The molecule has 0 radical (unpaired) electrons. The number of hydrogen-bond donors (Lipinski definition) is 0. The summed E-state index contributed by atoms with van der Waals surface area (Å²) in [7, 11) is 0. The summed E-state index contributed by atoms with van der Waals surface area (Å²) >= 11 is 5.43. The van der Waals surface area contributed by atoms with Gasteiger partial charge in [0.2, 0.25) is 0 Å². The van der Waals surface area contributed by atoms with Crippen LogP contribution in [-0.4, -0.2) is 5.88 Å². The highest BCUT2D eigenvalue weighted by atomic mass is 35.5. The van der Waals surface area contributed by atoms with Gasteiger partial charge >= 0.3 is 0 Å². The zero-order valence-corrected chi connectivity index (χ0v) is 8.02. The number of aryl methyl sites for hydroxylation is 1. The first-order valence-corrected chi connectivity index (χ1v) is 4.37. The van der Waals surface area contributed by atoms with E-state index in [1.807, 2.05) is 19.1 Å². The lowest BCUT2D eigenvalue weighted by atomic mass is 10.1. The highest BCUT2D eigenvalue weighted by Gasteiger charge is 1.97. The fourth-order valence-corrected chi connectivity index (χ4v) is 1.05. The molecule has 0 aliphatic carbocycles. The van der Waals surface area contributed by atoms with Gasteiger partial charge in [-0.1, -0.05) is 17.9 Å². The van der Waals surface area contributed by atoms with Gasteiger partial charge in [-0.3, -0.25) is 0 Å². The first-order valence-electron chi connectivity index (χ1n) is 3.83. The number of nitriles is 1. The Bertz CT molecular complexity index is 404. The Balaban J connectivity index is 3.18. The van der Waals surface area contributed by atoms with E-state index in [9.17, 15) is 0 Å². The Labute approximate surface area is 83.0 Å². The topological polar surface area (TPSA) is 23.8 Å². The third-order valence-electron chi connectivity index (χ3n) is 1.59. The minimum Gasteiger partial charge on any atom is -0.192 e. The van der Waals surface area contributed by atoms with E-state index in [4.69, 9.17) is 16.9 Å². The van der Waals surface area contributed by atoms with Crippen LogP contribution in [0.5, 0.6) is 0 Å². The highest BCUT2D eigenvalue weighted by Crippen LogP contribution is 2.09. The maximum absolute atomic E-state index is 8.76. The average molecular weight is 190 g/mol. The lowest BCUT2D eigenvalue weighted by Gasteiger charge is -1.96. The number of halogens is 1. The van der Waals surface area contributed by atoms with Gasteiger partial charge in [-0.2, -0.15) is 5.26 Å². The predicted octanol–water partition coefficient (Wildman–Crippen LogP) is 2.46. The Morgan fingerprint density at radius 3 is 2.77 bits per heavy atom. The lowest BCUT2D eigenvalue weighted by Crippen LogP contribution is -1.84. The summed E-state index contributed by atoms with van der Waals surface area (Å²) in [6.45, 7) is 1.97. The van der Waals surface area contributed by atoms with Crippen molar-refractivity contribution in [1.82, 2.24) is 0 Å². The standard InChI is InChI=1S/C11H8ClN/c1-9-4-5-11(8-13)10(7-9)3-2-6-12/h4-5,7H,6H2,1H3. The van der Waals surface area contributed by atoms with Gasteiger partial charge in [0.25, 0.3) is 0 Å². The first-order chi connectivity index (χ1) is 6.27. The fraction of sp³-hybridized carbons (Fsp3) is 0.182. The van der Waals surface area contributed by atoms with Gasteiger partial charge in [-0.05, 0) is 24.6 Å². The molecule has 0 amide bonds. The van der Waals surface area contributed by atoms with E-state index in [2.05, 4.69) is 17.9 Å². The molecule has 1 nitrogen and oxygen atoms in total. The van der Waals surface area contributed by atoms with E-state index < -0.39 is 0 Å². The van der Waals surface area contributed by atoms with Gasteiger partial charge < -0.3 is 0 Å². The summed E-state index contributed by atoms with van der Waals surface area (Å²) in [5, 5.41) is 8.76. The molecule has 0 fully saturated rings. The summed E-state index contributed by atoms with van der Waals surface area (Å²) in [6.07, 6.45) is 0. The van der Waals surface area contributed by atoms with E-state index in [-0.39, 0.29) is 0 Å². The van der Waals surface area contributed by atoms with Crippen molar-refractivity contribution in [3.05, 3.63) is 34.9 Å². The highest BCUT2D eigenvalue weighted by molar-refractivity contribution is 6.19. The predicted molar refractivity (Wildman–Crippen MR) is 53.5 cm³/mol. The second kappa shape index (κ2) is 4.55. The largest absolute Gasteiger partial charge is 0.192 e. The molecular formula is C11H8ClN. The van der Waals surface area contributed by atoms with E-state index in [1.165, 1.54) is 0 Å². The van der Waals surface area contributed by atoms with Gasteiger partial charge in [-0.15, -0.1) is 11.6 Å². The van der Waals surface area contributed by atoms with Crippen LogP contribution < -0.4 is 0 Å². The van der Waals surface area contributed by atoms with Crippen LogP contribution in [0.15, 0.2) is 18.2 Å². The van der Waals surface area contributed by atoms with Crippen LogP contribution in [0.4, 0.5) is 0 Å². The molecule has 0 aromatic heterocycles. The van der Waals surface area contributed by atoms with E-state index in [0.29, 0.717) is 11.4 Å². The minimum atomic E-state index is 0.290. The molecular weight excluding hydrogens is 182 g/mol. The fourth-order valence-electron chi connectivity index (χ4n) is 0.988. The third kappa shape index (κ3) is 2.51. The maximum Gasteiger partial charge on any atom is 0.100 e. The molecule has 2 heteroatoms. The van der Waals surface area contributed by atoms with E-state index in [1.54, 1.807) is 6.07 Å². The average Bonchev–Trinajstić information content (AvgIpc) is 2.15. The lowest BCUT2D eigenvalue weighted by molar-refractivity contribution is 1.41. The second-order valence-electron chi connectivity index (χ2n) is 2.60. The number of hydrogen-bond acceptors (Lipinski definition) is 1. The van der Waals surface area contributed by atoms with Crippen molar-refractivity contribution in [2.24, 2.45) is 0 Å². The summed E-state index contributed by atoms with van der Waals surface area (Å²) in [6, 6.07) is 7.64. The van der Waals surface area contributed by atoms with Gasteiger partial charge in [-0.25, -0.2) is 0 Å². The van der Waals surface area contributed by atoms with Crippen molar-refractivity contribution < 1.29 is 0 Å².